The quantitative estimate of drug-likeness (QED) is 0.640. The molecule has 0 saturated carbocycles. The number of nitrogens with zero attached hydrogens (tertiary/aromatic N) is 1. The average Bonchev–Trinajstić information content (AvgIpc) is 2.33. The fourth-order valence-corrected chi connectivity index (χ4v) is 1.53. The Bertz CT molecular complexity index is 172. The van der Waals surface area contributed by atoms with E-state index in [1.165, 1.54) is 0 Å². The minimum atomic E-state index is 0.275. The van der Waals surface area contributed by atoms with E-state index < -0.39 is 0 Å². The minimum Gasteiger partial charge on any atom is -0.315 e. The van der Waals surface area contributed by atoms with Crippen LogP contribution in [-0.2, 0) is 4.79 Å². The molecule has 1 saturated heterocycles. The summed E-state index contributed by atoms with van der Waals surface area (Å²) in [6.45, 7) is 8.25. The van der Waals surface area contributed by atoms with Crippen molar-refractivity contribution in [3.05, 3.63) is 12.7 Å². The molecule has 0 aromatic carbocycles. The molecule has 1 N–H and O–H groups in total. The van der Waals surface area contributed by atoms with E-state index in [0.717, 1.165) is 32.6 Å². The highest BCUT2D eigenvalue weighted by Crippen LogP contribution is 1.96. The van der Waals surface area contributed by atoms with Gasteiger partial charge in [-0.25, -0.2) is 0 Å². The Morgan fingerprint density at radius 2 is 2.31 bits per heavy atom. The molecule has 1 heterocycles. The third-order valence-electron chi connectivity index (χ3n) is 2.20. The maximum absolute atomic E-state index is 11.3. The lowest BCUT2D eigenvalue weighted by molar-refractivity contribution is -0.119. The van der Waals surface area contributed by atoms with Crippen molar-refractivity contribution in [2.24, 2.45) is 0 Å². The maximum atomic E-state index is 11.3. The number of Topliss-reactive ketones (excluding diaryl/α,β-unsaturated/α-hetero) is 1. The second kappa shape index (κ2) is 5.89. The van der Waals surface area contributed by atoms with Crippen LogP contribution in [0.4, 0.5) is 0 Å². The molecule has 0 unspecified atom stereocenters. The van der Waals surface area contributed by atoms with E-state index in [9.17, 15) is 4.79 Å². The summed E-state index contributed by atoms with van der Waals surface area (Å²) in [6.07, 6.45) is 3.32. The Kier molecular flexibility index (Phi) is 4.72. The van der Waals surface area contributed by atoms with Crippen molar-refractivity contribution in [3.63, 3.8) is 0 Å². The Balaban J connectivity index is 2.25. The molecule has 0 aliphatic carbocycles. The van der Waals surface area contributed by atoms with Crippen molar-refractivity contribution in [1.29, 1.82) is 0 Å². The molecule has 3 heteroatoms. The smallest absolute Gasteiger partial charge is 0.150 e. The van der Waals surface area contributed by atoms with Crippen LogP contribution in [0.15, 0.2) is 12.7 Å². The molecule has 1 fully saturated rings. The molecule has 1 aliphatic rings. The third-order valence-corrected chi connectivity index (χ3v) is 2.20. The van der Waals surface area contributed by atoms with E-state index in [4.69, 9.17) is 0 Å². The van der Waals surface area contributed by atoms with Gasteiger partial charge >= 0.3 is 0 Å². The van der Waals surface area contributed by atoms with Crippen LogP contribution in [0.5, 0.6) is 0 Å². The minimum absolute atomic E-state index is 0.275. The number of carbonyl (C=O) groups excluding carboxylic acids is 1. The highest BCUT2D eigenvalue weighted by molar-refractivity contribution is 5.81. The highest BCUT2D eigenvalue weighted by atomic mass is 16.1. The Hall–Kier alpha value is -0.670. The van der Waals surface area contributed by atoms with Crippen LogP contribution in [-0.4, -0.2) is 43.4 Å². The molecule has 0 atom stereocenters. The van der Waals surface area contributed by atoms with Gasteiger partial charge in [-0.05, 0) is 19.5 Å². The lowest BCUT2D eigenvalue weighted by Crippen LogP contribution is -2.32. The molecule has 1 aliphatic heterocycles. The molecule has 0 amide bonds. The van der Waals surface area contributed by atoms with Gasteiger partial charge in [-0.3, -0.25) is 9.69 Å². The summed E-state index contributed by atoms with van der Waals surface area (Å²) in [7, 11) is 0. The monoisotopic (exact) mass is 182 g/mol. The van der Waals surface area contributed by atoms with Gasteiger partial charge < -0.3 is 5.32 Å². The van der Waals surface area contributed by atoms with Crippen LogP contribution >= 0.6 is 0 Å². The van der Waals surface area contributed by atoms with Gasteiger partial charge in [0, 0.05) is 19.5 Å². The zero-order valence-corrected chi connectivity index (χ0v) is 8.09. The Morgan fingerprint density at radius 1 is 1.46 bits per heavy atom. The maximum Gasteiger partial charge on any atom is 0.150 e. The zero-order valence-electron chi connectivity index (χ0n) is 8.09. The van der Waals surface area contributed by atoms with E-state index in [1.54, 1.807) is 6.08 Å². The summed E-state index contributed by atoms with van der Waals surface area (Å²) >= 11 is 0. The molecule has 0 radical (unpaired) electrons. The van der Waals surface area contributed by atoms with E-state index in [1.807, 2.05) is 0 Å². The number of carbonyl (C=O) groups is 1. The van der Waals surface area contributed by atoms with E-state index in [-0.39, 0.29) is 5.78 Å². The summed E-state index contributed by atoms with van der Waals surface area (Å²) in [5, 5.41) is 3.31. The standard InChI is InChI=1S/C10H18N2O/c1-2-4-10(13)9-12-7-3-5-11-6-8-12/h2,11H,1,3-9H2. The van der Waals surface area contributed by atoms with Gasteiger partial charge in [-0.1, -0.05) is 6.08 Å². The number of hydrogen-bond acceptors (Lipinski definition) is 3. The summed E-state index contributed by atoms with van der Waals surface area (Å²) in [6, 6.07) is 0. The average molecular weight is 182 g/mol. The molecule has 74 valence electrons. The number of rotatable bonds is 4. The van der Waals surface area contributed by atoms with Crippen LogP contribution < -0.4 is 5.32 Å². The van der Waals surface area contributed by atoms with E-state index in [2.05, 4.69) is 16.8 Å². The fourth-order valence-electron chi connectivity index (χ4n) is 1.53. The van der Waals surface area contributed by atoms with Crippen molar-refractivity contribution in [3.8, 4) is 0 Å². The van der Waals surface area contributed by atoms with Gasteiger partial charge in [0.05, 0.1) is 6.54 Å². The molecule has 0 aromatic heterocycles. The van der Waals surface area contributed by atoms with Crippen LogP contribution in [0, 0.1) is 0 Å². The first-order valence-electron chi connectivity index (χ1n) is 4.88. The molecular formula is C10H18N2O. The molecular weight excluding hydrogens is 164 g/mol. The van der Waals surface area contributed by atoms with Gasteiger partial charge in [-0.2, -0.15) is 0 Å². The summed E-state index contributed by atoms with van der Waals surface area (Å²) in [4.78, 5) is 13.5. The Labute approximate surface area is 79.8 Å². The number of allylic oxidation sites excluding steroid dienone is 1. The molecule has 0 spiro atoms. The normalized spacial score (nSPS) is 19.4. The largest absolute Gasteiger partial charge is 0.315 e. The van der Waals surface area contributed by atoms with Gasteiger partial charge in [0.15, 0.2) is 5.78 Å². The van der Waals surface area contributed by atoms with Crippen molar-refractivity contribution >= 4 is 5.78 Å². The predicted molar refractivity (Wildman–Crippen MR) is 53.7 cm³/mol. The summed E-state index contributed by atoms with van der Waals surface area (Å²) in [5.74, 6) is 0.275. The van der Waals surface area contributed by atoms with Crippen LogP contribution in [0.1, 0.15) is 12.8 Å². The third kappa shape index (κ3) is 4.20. The lowest BCUT2D eigenvalue weighted by Gasteiger charge is -2.17. The van der Waals surface area contributed by atoms with Crippen LogP contribution in [0.2, 0.25) is 0 Å². The zero-order chi connectivity index (χ0) is 9.52. The highest BCUT2D eigenvalue weighted by Gasteiger charge is 2.11. The van der Waals surface area contributed by atoms with Crippen molar-refractivity contribution < 1.29 is 4.79 Å². The lowest BCUT2D eigenvalue weighted by atomic mass is 10.2. The van der Waals surface area contributed by atoms with Crippen molar-refractivity contribution in [2.75, 3.05) is 32.7 Å². The summed E-state index contributed by atoms with van der Waals surface area (Å²) in [5.41, 5.74) is 0. The number of hydrogen-bond donors (Lipinski definition) is 1. The summed E-state index contributed by atoms with van der Waals surface area (Å²) < 4.78 is 0. The van der Waals surface area contributed by atoms with Crippen molar-refractivity contribution in [1.82, 2.24) is 10.2 Å². The fraction of sp³-hybridized carbons (Fsp3) is 0.700. The molecule has 13 heavy (non-hydrogen) atoms. The predicted octanol–water partition coefficient (Wildman–Crippen LogP) is 0.427. The second-order valence-electron chi connectivity index (χ2n) is 3.41. The van der Waals surface area contributed by atoms with Crippen LogP contribution in [0.3, 0.4) is 0 Å². The van der Waals surface area contributed by atoms with Gasteiger partial charge in [0.2, 0.25) is 0 Å². The first-order chi connectivity index (χ1) is 6.33. The van der Waals surface area contributed by atoms with Crippen LogP contribution in [0.25, 0.3) is 0 Å². The van der Waals surface area contributed by atoms with E-state index in [0.29, 0.717) is 13.0 Å². The topological polar surface area (TPSA) is 32.3 Å². The van der Waals surface area contributed by atoms with E-state index >= 15 is 0 Å². The number of ketones is 1. The van der Waals surface area contributed by atoms with Gasteiger partial charge in [0.1, 0.15) is 0 Å². The van der Waals surface area contributed by atoms with Gasteiger partial charge in [0.25, 0.3) is 0 Å². The SMILES string of the molecule is C=CCC(=O)CN1CCCNCC1. The Morgan fingerprint density at radius 3 is 3.08 bits per heavy atom. The molecule has 0 bridgehead atoms. The first-order valence-corrected chi connectivity index (χ1v) is 4.88. The molecule has 0 aromatic rings. The molecule has 3 nitrogen and oxygen atoms in total. The second-order valence-corrected chi connectivity index (χ2v) is 3.41. The number of nitrogens with one attached hydrogen (secondary N) is 1. The van der Waals surface area contributed by atoms with Crippen molar-refractivity contribution in [2.45, 2.75) is 12.8 Å². The van der Waals surface area contributed by atoms with Gasteiger partial charge in [-0.15, -0.1) is 6.58 Å². The first kappa shape index (κ1) is 10.4. The molecule has 1 rings (SSSR count).